The third kappa shape index (κ3) is 3.89. The molecular formula is C24H23N5O. The van der Waals surface area contributed by atoms with Crippen LogP contribution in [0.4, 0.5) is 5.69 Å². The number of aromatic nitrogens is 4. The van der Waals surface area contributed by atoms with Gasteiger partial charge in [-0.2, -0.15) is 0 Å². The van der Waals surface area contributed by atoms with Crippen molar-refractivity contribution in [3.63, 3.8) is 0 Å². The third-order valence-electron chi connectivity index (χ3n) is 4.86. The average Bonchev–Trinajstić information content (AvgIpc) is 3.20. The highest BCUT2D eigenvalue weighted by Crippen LogP contribution is 2.34. The maximum atomic E-state index is 10.7. The number of benzene rings is 1. The van der Waals surface area contributed by atoms with Crippen molar-refractivity contribution in [2.24, 2.45) is 5.18 Å². The average molecular weight is 397 g/mol. The molecule has 1 aromatic carbocycles. The summed E-state index contributed by atoms with van der Waals surface area (Å²) in [4.78, 5) is 28.3. The van der Waals surface area contributed by atoms with Gasteiger partial charge in [-0.15, -0.1) is 4.91 Å². The van der Waals surface area contributed by atoms with Crippen LogP contribution in [0, 0.1) is 11.8 Å². The third-order valence-corrected chi connectivity index (χ3v) is 4.86. The highest BCUT2D eigenvalue weighted by molar-refractivity contribution is 5.79. The van der Waals surface area contributed by atoms with Gasteiger partial charge < -0.3 is 4.98 Å². The highest BCUT2D eigenvalue weighted by atomic mass is 16.3. The summed E-state index contributed by atoms with van der Waals surface area (Å²) in [7, 11) is 0. The lowest BCUT2D eigenvalue weighted by Crippen LogP contribution is -2.13. The quantitative estimate of drug-likeness (QED) is 0.415. The Hall–Kier alpha value is -3.67. The number of nitrogens with zero attached hydrogens (tertiary/aromatic N) is 4. The zero-order chi connectivity index (χ0) is 21.3. The van der Waals surface area contributed by atoms with Crippen LogP contribution in [0.15, 0.2) is 66.0 Å². The molecule has 0 radical (unpaired) electrons. The first-order valence-corrected chi connectivity index (χ1v) is 9.80. The zero-order valence-corrected chi connectivity index (χ0v) is 17.5. The molecule has 4 rings (SSSR count). The van der Waals surface area contributed by atoms with Crippen LogP contribution in [0.3, 0.4) is 0 Å². The van der Waals surface area contributed by atoms with Crippen LogP contribution in [-0.4, -0.2) is 19.9 Å². The molecule has 0 atom stereocenters. The summed E-state index contributed by atoms with van der Waals surface area (Å²) in [5.74, 6) is 0.899. The normalized spacial score (nSPS) is 11.5. The van der Waals surface area contributed by atoms with E-state index in [4.69, 9.17) is 9.97 Å². The second-order valence-electron chi connectivity index (χ2n) is 8.29. The highest BCUT2D eigenvalue weighted by Gasteiger charge is 2.23. The van der Waals surface area contributed by atoms with E-state index in [2.05, 4.69) is 35.9 Å². The van der Waals surface area contributed by atoms with Gasteiger partial charge in [-0.1, -0.05) is 39.0 Å². The second-order valence-corrected chi connectivity index (χ2v) is 8.29. The van der Waals surface area contributed by atoms with Crippen molar-refractivity contribution in [2.75, 3.05) is 0 Å². The summed E-state index contributed by atoms with van der Waals surface area (Å²) in [5.41, 5.74) is 6.45. The SMILES string of the molecule is Cc1cccc(-c2[nH]c(C(C)(C)C)nc2-c2ccnc(-c3ccc(N=O)cc3)c2)n1. The molecule has 3 heterocycles. The van der Waals surface area contributed by atoms with E-state index >= 15 is 0 Å². The molecule has 4 aromatic rings. The summed E-state index contributed by atoms with van der Waals surface area (Å²) < 4.78 is 0. The lowest BCUT2D eigenvalue weighted by atomic mass is 9.96. The summed E-state index contributed by atoms with van der Waals surface area (Å²) in [5, 5.41) is 2.96. The Morgan fingerprint density at radius 3 is 2.33 bits per heavy atom. The van der Waals surface area contributed by atoms with Crippen LogP contribution in [0.2, 0.25) is 0 Å². The Kier molecular flexibility index (Phi) is 4.99. The Morgan fingerprint density at radius 1 is 0.900 bits per heavy atom. The van der Waals surface area contributed by atoms with Crippen molar-refractivity contribution in [1.29, 1.82) is 0 Å². The van der Waals surface area contributed by atoms with Crippen LogP contribution >= 0.6 is 0 Å². The van der Waals surface area contributed by atoms with Crippen LogP contribution in [-0.2, 0) is 5.41 Å². The lowest BCUT2D eigenvalue weighted by molar-refractivity contribution is 0.553. The summed E-state index contributed by atoms with van der Waals surface area (Å²) in [6, 6.07) is 17.0. The van der Waals surface area contributed by atoms with Gasteiger partial charge in [0.15, 0.2) is 0 Å². The van der Waals surface area contributed by atoms with E-state index in [0.717, 1.165) is 45.4 Å². The number of nitrogens with one attached hydrogen (secondary N) is 1. The molecule has 0 aliphatic carbocycles. The maximum absolute atomic E-state index is 10.7. The van der Waals surface area contributed by atoms with Crippen molar-refractivity contribution in [2.45, 2.75) is 33.1 Å². The van der Waals surface area contributed by atoms with E-state index in [0.29, 0.717) is 5.69 Å². The van der Waals surface area contributed by atoms with E-state index in [9.17, 15) is 4.91 Å². The van der Waals surface area contributed by atoms with Crippen LogP contribution in [0.25, 0.3) is 33.9 Å². The number of hydrogen-bond acceptors (Lipinski definition) is 5. The number of rotatable bonds is 4. The van der Waals surface area contributed by atoms with Gasteiger partial charge in [0.2, 0.25) is 0 Å². The first-order chi connectivity index (χ1) is 14.3. The molecule has 0 spiro atoms. The molecule has 0 aliphatic rings. The lowest BCUT2D eigenvalue weighted by Gasteiger charge is -2.14. The monoisotopic (exact) mass is 397 g/mol. The van der Waals surface area contributed by atoms with Gasteiger partial charge in [0.1, 0.15) is 11.5 Å². The molecule has 0 unspecified atom stereocenters. The van der Waals surface area contributed by atoms with Gasteiger partial charge in [-0.05, 0) is 48.5 Å². The van der Waals surface area contributed by atoms with Gasteiger partial charge in [0, 0.05) is 28.4 Å². The number of H-pyrrole nitrogens is 1. The summed E-state index contributed by atoms with van der Waals surface area (Å²) in [6.45, 7) is 8.36. The van der Waals surface area contributed by atoms with Crippen LogP contribution < -0.4 is 0 Å². The first kappa shape index (κ1) is 19.6. The molecule has 0 amide bonds. The van der Waals surface area contributed by atoms with E-state index in [1.807, 2.05) is 49.4 Å². The van der Waals surface area contributed by atoms with Crippen molar-refractivity contribution < 1.29 is 0 Å². The smallest absolute Gasteiger partial charge is 0.112 e. The minimum absolute atomic E-state index is 0.135. The predicted octanol–water partition coefficient (Wildman–Crippen LogP) is 6.20. The fourth-order valence-electron chi connectivity index (χ4n) is 3.23. The Labute approximate surface area is 175 Å². The van der Waals surface area contributed by atoms with Crippen molar-refractivity contribution in [1.82, 2.24) is 19.9 Å². The molecule has 0 fully saturated rings. The van der Waals surface area contributed by atoms with Crippen LogP contribution in [0.5, 0.6) is 0 Å². The summed E-state index contributed by atoms with van der Waals surface area (Å²) in [6.07, 6.45) is 1.77. The first-order valence-electron chi connectivity index (χ1n) is 9.80. The van der Waals surface area contributed by atoms with Gasteiger partial charge >= 0.3 is 0 Å². The van der Waals surface area contributed by atoms with Crippen LogP contribution in [0.1, 0.15) is 32.3 Å². The topological polar surface area (TPSA) is 83.9 Å². The molecule has 6 heteroatoms. The molecule has 6 nitrogen and oxygen atoms in total. The fourth-order valence-corrected chi connectivity index (χ4v) is 3.23. The summed E-state index contributed by atoms with van der Waals surface area (Å²) >= 11 is 0. The van der Waals surface area contributed by atoms with E-state index in [1.165, 1.54) is 0 Å². The Balaban J connectivity index is 1.85. The number of aromatic amines is 1. The molecule has 150 valence electrons. The van der Waals surface area contributed by atoms with Gasteiger partial charge in [0.05, 0.1) is 22.8 Å². The number of imidazole rings is 1. The molecule has 30 heavy (non-hydrogen) atoms. The molecule has 1 N–H and O–H groups in total. The molecule has 0 saturated heterocycles. The van der Waals surface area contributed by atoms with Gasteiger partial charge in [-0.3, -0.25) is 9.97 Å². The Bertz CT molecular complexity index is 1200. The van der Waals surface area contributed by atoms with Crippen molar-refractivity contribution >= 4 is 5.69 Å². The number of aryl methyl sites for hydroxylation is 1. The molecule has 3 aromatic heterocycles. The van der Waals surface area contributed by atoms with Gasteiger partial charge in [0.25, 0.3) is 0 Å². The van der Waals surface area contributed by atoms with Gasteiger partial charge in [-0.25, -0.2) is 4.98 Å². The molecule has 0 bridgehead atoms. The predicted molar refractivity (Wildman–Crippen MR) is 119 cm³/mol. The number of pyridine rings is 2. The molecular weight excluding hydrogens is 374 g/mol. The molecule has 0 saturated carbocycles. The molecule has 0 aliphatic heterocycles. The van der Waals surface area contributed by atoms with Crippen molar-refractivity contribution in [3.8, 4) is 33.9 Å². The van der Waals surface area contributed by atoms with E-state index in [1.54, 1.807) is 18.3 Å². The zero-order valence-electron chi connectivity index (χ0n) is 17.5. The maximum Gasteiger partial charge on any atom is 0.112 e. The second kappa shape index (κ2) is 7.63. The Morgan fingerprint density at radius 2 is 1.67 bits per heavy atom. The number of nitroso groups, excluding NO2 is 1. The van der Waals surface area contributed by atoms with E-state index in [-0.39, 0.29) is 5.41 Å². The number of hydrogen-bond donors (Lipinski definition) is 1. The minimum Gasteiger partial charge on any atom is -0.340 e. The fraction of sp³-hybridized carbons (Fsp3) is 0.208. The van der Waals surface area contributed by atoms with E-state index < -0.39 is 0 Å². The largest absolute Gasteiger partial charge is 0.340 e. The van der Waals surface area contributed by atoms with Crippen molar-refractivity contribution in [3.05, 3.63) is 77.2 Å². The standard InChI is InChI=1S/C24H23N5O/c1-15-6-5-7-19(26-15)22-21(27-23(28-22)24(2,3)4)17-12-13-25-20(14-17)16-8-10-18(29-30)11-9-16/h5-14H,1-4H3,(H,27,28). The minimum atomic E-state index is -0.135.